The number of aliphatic hydroxyl groups excluding tert-OH is 1. The molecule has 1 aromatic rings. The van der Waals surface area contributed by atoms with Crippen LogP contribution in [0.5, 0.6) is 0 Å². The Morgan fingerprint density at radius 1 is 1.24 bits per heavy atom. The maximum absolute atomic E-state index is 13.1. The molecular formula is C13H19F2NO. The summed E-state index contributed by atoms with van der Waals surface area (Å²) in [6.45, 7) is 6.22. The molecule has 0 heterocycles. The van der Waals surface area contributed by atoms with Gasteiger partial charge >= 0.3 is 0 Å². The zero-order chi connectivity index (χ0) is 13.1. The Bertz CT molecular complexity index is 361. The van der Waals surface area contributed by atoms with Crippen LogP contribution in [0, 0.1) is 17.6 Å². The summed E-state index contributed by atoms with van der Waals surface area (Å²) in [5, 5.41) is 12.6. The molecule has 0 amide bonds. The van der Waals surface area contributed by atoms with Gasteiger partial charge in [0.25, 0.3) is 0 Å². The normalized spacial score (nSPS) is 15.0. The predicted molar refractivity (Wildman–Crippen MR) is 63.6 cm³/mol. The molecule has 2 nitrogen and oxygen atoms in total. The summed E-state index contributed by atoms with van der Waals surface area (Å²) in [5.41, 5.74) is -0.411. The van der Waals surface area contributed by atoms with E-state index < -0.39 is 17.2 Å². The monoisotopic (exact) mass is 243 g/mol. The summed E-state index contributed by atoms with van der Waals surface area (Å²) in [6, 6.07) is 3.31. The highest BCUT2D eigenvalue weighted by Crippen LogP contribution is 2.22. The molecule has 0 aliphatic heterocycles. The number of benzene rings is 1. The van der Waals surface area contributed by atoms with Gasteiger partial charge in [-0.3, -0.25) is 0 Å². The van der Waals surface area contributed by atoms with Crippen molar-refractivity contribution >= 4 is 0 Å². The maximum atomic E-state index is 13.1. The van der Waals surface area contributed by atoms with Gasteiger partial charge in [0.15, 0.2) is 0 Å². The fourth-order valence-corrected chi connectivity index (χ4v) is 1.55. The number of hydrogen-bond donors (Lipinski definition) is 2. The molecule has 0 fully saturated rings. The lowest BCUT2D eigenvalue weighted by molar-refractivity contribution is 0.170. The van der Waals surface area contributed by atoms with E-state index >= 15 is 0 Å². The van der Waals surface area contributed by atoms with Crippen molar-refractivity contribution < 1.29 is 13.9 Å². The lowest BCUT2D eigenvalue weighted by Gasteiger charge is -2.30. The van der Waals surface area contributed by atoms with Crippen LogP contribution in [-0.4, -0.2) is 18.3 Å². The van der Waals surface area contributed by atoms with Gasteiger partial charge in [-0.25, -0.2) is 8.78 Å². The van der Waals surface area contributed by atoms with Gasteiger partial charge in [0.1, 0.15) is 11.6 Å². The van der Waals surface area contributed by atoms with Gasteiger partial charge in [-0.05, 0) is 37.1 Å². The molecule has 1 rings (SSSR count). The summed E-state index contributed by atoms with van der Waals surface area (Å²) in [4.78, 5) is 0. The number of aliphatic hydroxyl groups is 1. The van der Waals surface area contributed by atoms with Crippen LogP contribution in [-0.2, 0) is 5.54 Å². The Balaban J connectivity index is 2.98. The third-order valence-electron chi connectivity index (χ3n) is 2.72. The fourth-order valence-electron chi connectivity index (χ4n) is 1.55. The molecule has 4 heteroatoms. The summed E-state index contributed by atoms with van der Waals surface area (Å²) >= 11 is 0. The van der Waals surface area contributed by atoms with Gasteiger partial charge in [0.2, 0.25) is 0 Å². The molecule has 0 aliphatic carbocycles. The van der Waals surface area contributed by atoms with Crippen LogP contribution in [0.1, 0.15) is 26.3 Å². The van der Waals surface area contributed by atoms with Crippen molar-refractivity contribution in [3.63, 3.8) is 0 Å². The van der Waals surface area contributed by atoms with E-state index in [9.17, 15) is 13.9 Å². The van der Waals surface area contributed by atoms with Crippen molar-refractivity contribution in [2.45, 2.75) is 26.3 Å². The van der Waals surface area contributed by atoms with E-state index in [1.807, 2.05) is 13.8 Å². The van der Waals surface area contributed by atoms with Gasteiger partial charge in [-0.2, -0.15) is 0 Å². The minimum absolute atomic E-state index is 0.220. The second kappa shape index (κ2) is 5.56. The zero-order valence-electron chi connectivity index (χ0n) is 10.4. The van der Waals surface area contributed by atoms with Crippen molar-refractivity contribution in [1.29, 1.82) is 0 Å². The molecule has 0 radical (unpaired) electrons. The van der Waals surface area contributed by atoms with E-state index in [1.165, 1.54) is 12.1 Å². The SMILES string of the molecule is CC(C)CNC(C)(CO)c1cc(F)cc(F)c1. The van der Waals surface area contributed by atoms with Crippen LogP contribution in [0.4, 0.5) is 8.78 Å². The van der Waals surface area contributed by atoms with Crippen LogP contribution in [0.3, 0.4) is 0 Å². The standard InChI is InChI=1S/C13H19F2NO/c1-9(2)7-16-13(3,8-17)10-4-11(14)6-12(15)5-10/h4-6,9,16-17H,7-8H2,1-3H3. The Morgan fingerprint density at radius 2 is 1.76 bits per heavy atom. The maximum Gasteiger partial charge on any atom is 0.126 e. The second-order valence-electron chi connectivity index (χ2n) is 4.92. The molecule has 0 bridgehead atoms. The third kappa shape index (κ3) is 3.75. The summed E-state index contributed by atoms with van der Waals surface area (Å²) < 4.78 is 26.3. The Labute approximate surface area is 101 Å². The highest BCUT2D eigenvalue weighted by Gasteiger charge is 2.26. The molecule has 1 atom stereocenters. The van der Waals surface area contributed by atoms with Crippen molar-refractivity contribution in [3.05, 3.63) is 35.4 Å². The fraction of sp³-hybridized carbons (Fsp3) is 0.538. The van der Waals surface area contributed by atoms with Crippen molar-refractivity contribution in [3.8, 4) is 0 Å². The number of nitrogens with one attached hydrogen (secondary N) is 1. The minimum atomic E-state index is -0.826. The van der Waals surface area contributed by atoms with E-state index in [0.29, 0.717) is 18.0 Å². The van der Waals surface area contributed by atoms with Gasteiger partial charge in [-0.1, -0.05) is 13.8 Å². The molecule has 17 heavy (non-hydrogen) atoms. The molecular weight excluding hydrogens is 224 g/mol. The zero-order valence-corrected chi connectivity index (χ0v) is 10.4. The summed E-state index contributed by atoms with van der Waals surface area (Å²) in [5.74, 6) is -0.878. The lowest BCUT2D eigenvalue weighted by Crippen LogP contribution is -2.44. The molecule has 1 unspecified atom stereocenters. The molecule has 96 valence electrons. The highest BCUT2D eigenvalue weighted by atomic mass is 19.1. The Morgan fingerprint density at radius 3 is 2.18 bits per heavy atom. The van der Waals surface area contributed by atoms with Crippen molar-refractivity contribution in [2.75, 3.05) is 13.2 Å². The van der Waals surface area contributed by atoms with Gasteiger partial charge in [0.05, 0.1) is 12.1 Å². The third-order valence-corrected chi connectivity index (χ3v) is 2.72. The summed E-state index contributed by atoms with van der Waals surface area (Å²) in [6.07, 6.45) is 0. The predicted octanol–water partition coefficient (Wildman–Crippen LogP) is 2.42. The van der Waals surface area contributed by atoms with Gasteiger partial charge in [-0.15, -0.1) is 0 Å². The molecule has 0 aromatic heterocycles. The van der Waals surface area contributed by atoms with E-state index in [0.717, 1.165) is 6.07 Å². The number of halogens is 2. The topological polar surface area (TPSA) is 32.3 Å². The Kier molecular flexibility index (Phi) is 4.60. The summed E-state index contributed by atoms with van der Waals surface area (Å²) in [7, 11) is 0. The second-order valence-corrected chi connectivity index (χ2v) is 4.92. The molecule has 0 aliphatic rings. The first-order chi connectivity index (χ1) is 7.87. The van der Waals surface area contributed by atoms with Crippen LogP contribution >= 0.6 is 0 Å². The molecule has 2 N–H and O–H groups in total. The van der Waals surface area contributed by atoms with E-state index in [2.05, 4.69) is 5.32 Å². The van der Waals surface area contributed by atoms with E-state index in [1.54, 1.807) is 6.92 Å². The van der Waals surface area contributed by atoms with E-state index in [4.69, 9.17) is 0 Å². The smallest absolute Gasteiger partial charge is 0.126 e. The molecule has 0 saturated carbocycles. The largest absolute Gasteiger partial charge is 0.394 e. The Hall–Kier alpha value is -1.00. The number of rotatable bonds is 5. The molecule has 0 saturated heterocycles. The van der Waals surface area contributed by atoms with Crippen molar-refractivity contribution in [2.24, 2.45) is 5.92 Å². The van der Waals surface area contributed by atoms with Crippen LogP contribution < -0.4 is 5.32 Å². The first-order valence-corrected chi connectivity index (χ1v) is 5.70. The minimum Gasteiger partial charge on any atom is -0.394 e. The first kappa shape index (κ1) is 14.1. The number of hydrogen-bond acceptors (Lipinski definition) is 2. The van der Waals surface area contributed by atoms with Crippen LogP contribution in [0.25, 0.3) is 0 Å². The quantitative estimate of drug-likeness (QED) is 0.832. The molecule has 1 aromatic carbocycles. The van der Waals surface area contributed by atoms with Crippen molar-refractivity contribution in [1.82, 2.24) is 5.32 Å². The average Bonchev–Trinajstić information content (AvgIpc) is 2.24. The van der Waals surface area contributed by atoms with Crippen LogP contribution in [0.15, 0.2) is 18.2 Å². The van der Waals surface area contributed by atoms with Gasteiger partial charge < -0.3 is 10.4 Å². The average molecular weight is 243 g/mol. The van der Waals surface area contributed by atoms with E-state index in [-0.39, 0.29) is 6.61 Å². The first-order valence-electron chi connectivity index (χ1n) is 5.70. The molecule has 0 spiro atoms. The van der Waals surface area contributed by atoms with Gasteiger partial charge in [0, 0.05) is 6.07 Å². The van der Waals surface area contributed by atoms with Crippen LogP contribution in [0.2, 0.25) is 0 Å². The lowest BCUT2D eigenvalue weighted by atomic mass is 9.92. The highest BCUT2D eigenvalue weighted by molar-refractivity contribution is 5.25.